The van der Waals surface area contributed by atoms with Crippen LogP contribution in [-0.2, 0) is 28.4 Å². The van der Waals surface area contributed by atoms with Gasteiger partial charge in [0.25, 0.3) is 0 Å². The van der Waals surface area contributed by atoms with E-state index < -0.39 is 17.9 Å². The Kier molecular flexibility index (Phi) is 18.4. The van der Waals surface area contributed by atoms with E-state index in [1.165, 1.54) is 0 Å². The maximum Gasteiger partial charge on any atom is 0.338 e. The minimum Gasteiger partial charge on any atom is -0.460 e. The topological polar surface area (TPSA) is 213 Å². The van der Waals surface area contributed by atoms with Gasteiger partial charge in [0.1, 0.15) is 19.8 Å². The second kappa shape index (κ2) is 23.7. The minimum absolute atomic E-state index is 0.0704. The smallest absolute Gasteiger partial charge is 0.338 e. The number of carbonyl (C=O) groups excluding carboxylic acids is 3. The third-order valence-electron chi connectivity index (χ3n) is 7.34. The zero-order chi connectivity index (χ0) is 38.4. The second-order valence-electron chi connectivity index (χ2n) is 11.5. The average molecular weight is 757 g/mol. The molecule has 3 aromatic rings. The first kappa shape index (κ1) is 41.9. The number of aliphatic hydroxyl groups is 3. The molecule has 1 fully saturated rings. The van der Waals surface area contributed by atoms with Gasteiger partial charge in [0, 0.05) is 17.1 Å². The van der Waals surface area contributed by atoms with E-state index in [1.807, 2.05) is 15.0 Å². The Labute approximate surface area is 312 Å². The van der Waals surface area contributed by atoms with Crippen LogP contribution in [0, 0.1) is 0 Å². The normalized spacial score (nSPS) is 13.6. The first-order valence-electron chi connectivity index (χ1n) is 17.3. The fourth-order valence-electron chi connectivity index (χ4n) is 4.88. The third kappa shape index (κ3) is 14.9. The summed E-state index contributed by atoms with van der Waals surface area (Å²) in [6, 6.07) is 20.5. The van der Waals surface area contributed by atoms with Crippen molar-refractivity contribution in [2.45, 2.75) is 0 Å². The van der Waals surface area contributed by atoms with Crippen LogP contribution in [0.4, 0.5) is 17.1 Å². The van der Waals surface area contributed by atoms with E-state index in [0.29, 0.717) is 53.8 Å². The van der Waals surface area contributed by atoms with E-state index >= 15 is 0 Å². The highest BCUT2D eigenvalue weighted by Crippen LogP contribution is 2.19. The predicted molar refractivity (Wildman–Crippen MR) is 195 cm³/mol. The highest BCUT2D eigenvalue weighted by molar-refractivity contribution is 5.90. The molecule has 0 saturated carbocycles. The van der Waals surface area contributed by atoms with Gasteiger partial charge in [-0.05, 0) is 72.8 Å². The molecule has 1 heterocycles. The molecule has 0 aliphatic carbocycles. The van der Waals surface area contributed by atoms with E-state index in [1.54, 1.807) is 72.8 Å². The predicted octanol–water partition coefficient (Wildman–Crippen LogP) is 1.36. The minimum atomic E-state index is -0.490. The molecule has 3 aromatic carbocycles. The quantitative estimate of drug-likeness (QED) is 0.0433. The molecule has 0 atom stereocenters. The van der Waals surface area contributed by atoms with Crippen LogP contribution in [0.1, 0.15) is 31.1 Å². The van der Waals surface area contributed by atoms with Crippen LogP contribution in [0.25, 0.3) is 0 Å². The van der Waals surface area contributed by atoms with E-state index in [9.17, 15) is 14.4 Å². The number of benzene rings is 3. The van der Waals surface area contributed by atoms with Crippen LogP contribution in [0.2, 0.25) is 0 Å². The lowest BCUT2D eigenvalue weighted by atomic mass is 10.2. The lowest BCUT2D eigenvalue weighted by molar-refractivity contribution is 0.0126. The van der Waals surface area contributed by atoms with Crippen molar-refractivity contribution in [2.75, 3.05) is 116 Å². The number of hydrazine groups is 3. The number of nitrogens with zero attached hydrogens (tertiary/aromatic N) is 3. The highest BCUT2D eigenvalue weighted by Gasteiger charge is 2.24. The van der Waals surface area contributed by atoms with Gasteiger partial charge in [0.05, 0.1) is 96.2 Å². The Balaban J connectivity index is 1.38. The standard InChI is InChI=1S/C36H48N6O12/c43-13-16-49-19-22-52-34(46)28-1-7-31(8-2-28)37-40-25-41(38-32-9-3-29(4-10-32)35(47)53-23-20-50-17-14-44)27-42(26-40)39-33-11-5-30(6-12-33)36(48)54-24-21-51-18-15-45/h1-12,37-39,43-45H,13-27H2. The van der Waals surface area contributed by atoms with Gasteiger partial charge in [-0.15, -0.1) is 0 Å². The molecule has 0 radical (unpaired) electrons. The van der Waals surface area contributed by atoms with E-state index in [0.717, 1.165) is 0 Å². The number of anilines is 3. The largest absolute Gasteiger partial charge is 0.460 e. The molecule has 294 valence electrons. The van der Waals surface area contributed by atoms with Gasteiger partial charge in [0.15, 0.2) is 0 Å². The molecule has 0 unspecified atom stereocenters. The molecular formula is C36H48N6O12. The summed E-state index contributed by atoms with van der Waals surface area (Å²) < 4.78 is 31.0. The summed E-state index contributed by atoms with van der Waals surface area (Å²) in [5, 5.41) is 32.1. The molecular weight excluding hydrogens is 708 g/mol. The third-order valence-corrected chi connectivity index (χ3v) is 7.34. The summed E-state index contributed by atoms with van der Waals surface area (Å²) in [7, 11) is 0. The maximum absolute atomic E-state index is 12.4. The summed E-state index contributed by atoms with van der Waals surface area (Å²) in [5.74, 6) is -1.47. The lowest BCUT2D eigenvalue weighted by Crippen LogP contribution is -2.59. The molecule has 0 aromatic heterocycles. The maximum atomic E-state index is 12.4. The van der Waals surface area contributed by atoms with Crippen LogP contribution >= 0.6 is 0 Å². The monoisotopic (exact) mass is 756 g/mol. The zero-order valence-electron chi connectivity index (χ0n) is 29.9. The number of hydrogen-bond acceptors (Lipinski definition) is 18. The van der Waals surface area contributed by atoms with Gasteiger partial charge >= 0.3 is 17.9 Å². The van der Waals surface area contributed by atoms with Gasteiger partial charge in [0.2, 0.25) is 0 Å². The molecule has 18 heteroatoms. The van der Waals surface area contributed by atoms with Gasteiger partial charge in [-0.3, -0.25) is 0 Å². The van der Waals surface area contributed by atoms with Crippen LogP contribution in [0.3, 0.4) is 0 Å². The summed E-state index contributed by atoms with van der Waals surface area (Å²) in [6.45, 7) is 2.20. The first-order chi connectivity index (χ1) is 26.4. The molecule has 0 bridgehead atoms. The van der Waals surface area contributed by atoms with Crippen molar-refractivity contribution in [3.8, 4) is 0 Å². The Morgan fingerprint density at radius 2 is 0.685 bits per heavy atom. The van der Waals surface area contributed by atoms with Crippen molar-refractivity contribution in [1.29, 1.82) is 0 Å². The number of rotatable bonds is 24. The number of aliphatic hydroxyl groups excluding tert-OH is 3. The van der Waals surface area contributed by atoms with E-state index in [2.05, 4.69) is 16.3 Å². The molecule has 1 saturated heterocycles. The fraction of sp³-hybridized carbons (Fsp3) is 0.417. The summed E-state index contributed by atoms with van der Waals surface area (Å²) in [4.78, 5) is 37.3. The molecule has 0 spiro atoms. The first-order valence-corrected chi connectivity index (χ1v) is 17.3. The molecule has 18 nitrogen and oxygen atoms in total. The van der Waals surface area contributed by atoms with Gasteiger partial charge in [-0.2, -0.15) is 15.0 Å². The fourth-order valence-corrected chi connectivity index (χ4v) is 4.88. The summed E-state index contributed by atoms with van der Waals surface area (Å²) >= 11 is 0. The molecule has 54 heavy (non-hydrogen) atoms. The molecule has 1 aliphatic rings. The van der Waals surface area contributed by atoms with Crippen LogP contribution in [-0.4, -0.2) is 148 Å². The van der Waals surface area contributed by atoms with Gasteiger partial charge in [-0.25, -0.2) is 14.4 Å². The molecule has 1 aliphatic heterocycles. The number of ether oxygens (including phenoxy) is 6. The average Bonchev–Trinajstić information content (AvgIpc) is 3.18. The van der Waals surface area contributed by atoms with E-state index in [4.69, 9.17) is 43.7 Å². The van der Waals surface area contributed by atoms with Crippen molar-refractivity contribution in [2.24, 2.45) is 0 Å². The number of carbonyl (C=O) groups is 3. The van der Waals surface area contributed by atoms with Crippen LogP contribution in [0.5, 0.6) is 0 Å². The van der Waals surface area contributed by atoms with Crippen molar-refractivity contribution < 1.29 is 58.1 Å². The van der Waals surface area contributed by atoms with Gasteiger partial charge < -0.3 is 60.0 Å². The highest BCUT2D eigenvalue weighted by atomic mass is 16.6. The molecule has 6 N–H and O–H groups in total. The zero-order valence-corrected chi connectivity index (χ0v) is 29.9. The van der Waals surface area contributed by atoms with Crippen molar-refractivity contribution in [3.05, 3.63) is 89.5 Å². The lowest BCUT2D eigenvalue weighted by Gasteiger charge is -2.42. The van der Waals surface area contributed by atoms with Crippen molar-refractivity contribution in [1.82, 2.24) is 15.0 Å². The van der Waals surface area contributed by atoms with Gasteiger partial charge in [-0.1, -0.05) is 0 Å². The Morgan fingerprint density at radius 1 is 0.426 bits per heavy atom. The van der Waals surface area contributed by atoms with Crippen molar-refractivity contribution >= 4 is 35.0 Å². The number of hydrogen-bond donors (Lipinski definition) is 6. The second-order valence-corrected chi connectivity index (χ2v) is 11.5. The van der Waals surface area contributed by atoms with Crippen LogP contribution < -0.4 is 16.3 Å². The summed E-state index contributed by atoms with van der Waals surface area (Å²) in [5.41, 5.74) is 13.4. The Bertz CT molecular complexity index is 1360. The SMILES string of the molecule is O=C(OCCOCCO)c1ccc(NN2CN(Nc3ccc(C(=O)OCCOCCO)cc3)CN(Nc3ccc(C(=O)OCCOCCO)cc3)C2)cc1. The van der Waals surface area contributed by atoms with Crippen molar-refractivity contribution in [3.63, 3.8) is 0 Å². The number of nitrogens with one attached hydrogen (secondary N) is 3. The molecule has 4 rings (SSSR count). The molecule has 0 amide bonds. The summed E-state index contributed by atoms with van der Waals surface area (Å²) in [6.07, 6.45) is 0. The van der Waals surface area contributed by atoms with E-state index in [-0.39, 0.29) is 79.3 Å². The number of esters is 3. The Morgan fingerprint density at radius 3 is 0.926 bits per heavy atom. The Hall–Kier alpha value is -4.89. The van der Waals surface area contributed by atoms with Crippen LogP contribution in [0.15, 0.2) is 72.8 Å².